The summed E-state index contributed by atoms with van der Waals surface area (Å²) in [6, 6.07) is 6.82. The number of alkyl halides is 3. The van der Waals surface area contributed by atoms with Gasteiger partial charge in [-0.25, -0.2) is 0 Å². The zero-order chi connectivity index (χ0) is 23.6. The number of piperidine rings is 1. The molecule has 3 aromatic rings. The topological polar surface area (TPSA) is 92.9 Å². The lowest BCUT2D eigenvalue weighted by Gasteiger charge is -2.31. The Balaban J connectivity index is 1.29. The number of carbonyl (C=O) groups excluding carboxylic acids is 2. The molecule has 1 aliphatic rings. The highest BCUT2D eigenvalue weighted by Crippen LogP contribution is 2.29. The number of carbonyl (C=O) groups is 2. The summed E-state index contributed by atoms with van der Waals surface area (Å²) in [5.74, 6) is -1.98. The summed E-state index contributed by atoms with van der Waals surface area (Å²) in [6.45, 7) is 0.946. The van der Waals surface area contributed by atoms with E-state index < -0.39 is 18.0 Å². The number of amides is 1. The molecule has 0 aliphatic carbocycles. The molecule has 1 aliphatic heterocycles. The number of nitrogens with zero attached hydrogens (tertiary/aromatic N) is 6. The Morgan fingerprint density at radius 2 is 1.97 bits per heavy atom. The molecule has 1 amide bonds. The fourth-order valence-corrected chi connectivity index (χ4v) is 4.31. The van der Waals surface area contributed by atoms with Crippen LogP contribution in [0.3, 0.4) is 0 Å². The maximum atomic E-state index is 13.1. The summed E-state index contributed by atoms with van der Waals surface area (Å²) in [6.07, 6.45) is -3.80. The average molecular weight is 482 g/mol. The molecule has 0 aromatic carbocycles. The van der Waals surface area contributed by atoms with Crippen molar-refractivity contribution >= 4 is 34.7 Å². The molecular weight excluding hydrogens is 461 g/mol. The fourth-order valence-electron chi connectivity index (χ4n) is 3.55. The van der Waals surface area contributed by atoms with Gasteiger partial charge in [-0.3, -0.25) is 9.59 Å². The van der Waals surface area contributed by atoms with Gasteiger partial charge in [-0.15, -0.1) is 26.6 Å². The standard InChI is InChI=1S/C20H21F3N6O3S/c1-27(11-14-3-2-10-33-14)17(30)12-32-18(31)13-6-8-28(9-7-13)16-5-4-15-24-25-19(20(21,22)23)29(15)26-16/h2-5,10,13H,6-9,11-12H2,1H3. The number of esters is 1. The first-order chi connectivity index (χ1) is 15.7. The highest BCUT2D eigenvalue weighted by atomic mass is 32.1. The molecule has 0 radical (unpaired) electrons. The van der Waals surface area contributed by atoms with Crippen molar-refractivity contribution in [2.24, 2.45) is 5.92 Å². The molecule has 33 heavy (non-hydrogen) atoms. The van der Waals surface area contributed by atoms with Crippen LogP contribution < -0.4 is 4.90 Å². The Morgan fingerprint density at radius 1 is 1.21 bits per heavy atom. The summed E-state index contributed by atoms with van der Waals surface area (Å²) in [4.78, 5) is 29.0. The van der Waals surface area contributed by atoms with Crippen molar-refractivity contribution in [3.63, 3.8) is 0 Å². The number of thiophene rings is 1. The number of ether oxygens (including phenoxy) is 1. The minimum atomic E-state index is -4.67. The van der Waals surface area contributed by atoms with E-state index in [1.165, 1.54) is 11.0 Å². The molecule has 4 heterocycles. The molecule has 3 aromatic heterocycles. The van der Waals surface area contributed by atoms with E-state index in [0.717, 1.165) is 4.88 Å². The van der Waals surface area contributed by atoms with E-state index in [2.05, 4.69) is 15.3 Å². The second kappa shape index (κ2) is 9.33. The number of hydrogen-bond donors (Lipinski definition) is 0. The van der Waals surface area contributed by atoms with Crippen molar-refractivity contribution in [1.82, 2.24) is 24.7 Å². The number of fused-ring (bicyclic) bond motifs is 1. The largest absolute Gasteiger partial charge is 0.455 e. The second-order valence-corrected chi connectivity index (χ2v) is 8.71. The van der Waals surface area contributed by atoms with Crippen molar-refractivity contribution in [2.45, 2.75) is 25.6 Å². The first-order valence-corrected chi connectivity index (χ1v) is 11.1. The molecule has 13 heteroatoms. The first kappa shape index (κ1) is 23.0. The third kappa shape index (κ3) is 5.24. The van der Waals surface area contributed by atoms with Crippen LogP contribution in [0.5, 0.6) is 0 Å². The molecule has 1 saturated heterocycles. The summed E-state index contributed by atoms with van der Waals surface area (Å²) >= 11 is 1.54. The Bertz CT molecular complexity index is 1130. The maximum absolute atomic E-state index is 13.1. The summed E-state index contributed by atoms with van der Waals surface area (Å²) in [5, 5.41) is 12.6. The Kier molecular flexibility index (Phi) is 6.49. The van der Waals surface area contributed by atoms with Gasteiger partial charge in [-0.1, -0.05) is 6.07 Å². The summed E-state index contributed by atoms with van der Waals surface area (Å²) in [5.41, 5.74) is -0.00162. The molecule has 0 spiro atoms. The van der Waals surface area contributed by atoms with Crippen molar-refractivity contribution < 1.29 is 27.5 Å². The first-order valence-electron chi connectivity index (χ1n) is 10.2. The van der Waals surface area contributed by atoms with Crippen molar-refractivity contribution in [1.29, 1.82) is 0 Å². The van der Waals surface area contributed by atoms with Crippen molar-refractivity contribution in [3.05, 3.63) is 40.3 Å². The number of aromatic nitrogens is 4. The minimum absolute atomic E-state index is 0.00162. The van der Waals surface area contributed by atoms with Crippen molar-refractivity contribution in [2.75, 3.05) is 31.6 Å². The van der Waals surface area contributed by atoms with Gasteiger partial charge in [0, 0.05) is 25.0 Å². The minimum Gasteiger partial charge on any atom is -0.455 e. The lowest BCUT2D eigenvalue weighted by Crippen LogP contribution is -2.38. The SMILES string of the molecule is CN(Cc1cccs1)C(=O)COC(=O)C1CCN(c2ccc3nnc(C(F)(F)F)n3n2)CC1. The van der Waals surface area contributed by atoms with E-state index in [9.17, 15) is 22.8 Å². The van der Waals surface area contributed by atoms with E-state index in [1.807, 2.05) is 17.5 Å². The zero-order valence-corrected chi connectivity index (χ0v) is 18.5. The highest BCUT2D eigenvalue weighted by molar-refractivity contribution is 7.09. The fraction of sp³-hybridized carbons (Fsp3) is 0.450. The maximum Gasteiger partial charge on any atom is 0.453 e. The van der Waals surface area contributed by atoms with Gasteiger partial charge in [-0.2, -0.15) is 17.7 Å². The van der Waals surface area contributed by atoms with Crippen LogP contribution in [0.1, 0.15) is 23.5 Å². The lowest BCUT2D eigenvalue weighted by atomic mass is 9.97. The van der Waals surface area contributed by atoms with Crippen LogP contribution in [0.25, 0.3) is 5.65 Å². The van der Waals surface area contributed by atoms with E-state index in [1.54, 1.807) is 29.4 Å². The number of likely N-dealkylation sites (N-methyl/N-ethyl adjacent to an activating group) is 1. The van der Waals surface area contributed by atoms with Crippen LogP contribution >= 0.6 is 11.3 Å². The number of rotatable bonds is 6. The quantitative estimate of drug-likeness (QED) is 0.499. The lowest BCUT2D eigenvalue weighted by molar-refractivity contribution is -0.155. The second-order valence-electron chi connectivity index (χ2n) is 7.68. The predicted molar refractivity (Wildman–Crippen MR) is 112 cm³/mol. The van der Waals surface area contributed by atoms with Crippen LogP contribution in [-0.2, 0) is 27.0 Å². The molecular formula is C20H21F3N6O3S. The Morgan fingerprint density at radius 3 is 2.64 bits per heavy atom. The van der Waals surface area contributed by atoms with E-state index in [-0.39, 0.29) is 24.1 Å². The van der Waals surface area contributed by atoms with E-state index in [4.69, 9.17) is 4.74 Å². The zero-order valence-electron chi connectivity index (χ0n) is 17.7. The molecule has 0 unspecified atom stereocenters. The number of halogens is 3. The van der Waals surface area contributed by atoms with Crippen LogP contribution in [0.2, 0.25) is 0 Å². The molecule has 0 atom stereocenters. The Hall–Kier alpha value is -3.22. The van der Waals surface area contributed by atoms with Gasteiger partial charge in [-0.05, 0) is 36.4 Å². The normalized spacial score (nSPS) is 15.1. The van der Waals surface area contributed by atoms with Crippen LogP contribution in [0.15, 0.2) is 29.6 Å². The smallest absolute Gasteiger partial charge is 0.453 e. The van der Waals surface area contributed by atoms with Gasteiger partial charge in [0.2, 0.25) is 0 Å². The monoisotopic (exact) mass is 482 g/mol. The van der Waals surface area contributed by atoms with Crippen LogP contribution in [0.4, 0.5) is 19.0 Å². The molecule has 0 bridgehead atoms. The van der Waals surface area contributed by atoms with Gasteiger partial charge in [0.15, 0.2) is 12.3 Å². The van der Waals surface area contributed by atoms with E-state index >= 15 is 0 Å². The predicted octanol–water partition coefficient (Wildman–Crippen LogP) is 2.62. The third-order valence-corrected chi connectivity index (χ3v) is 6.25. The third-order valence-electron chi connectivity index (χ3n) is 5.39. The molecule has 4 rings (SSSR count). The van der Waals surface area contributed by atoms with Gasteiger partial charge in [0.05, 0.1) is 12.5 Å². The van der Waals surface area contributed by atoms with Crippen LogP contribution in [-0.4, -0.2) is 63.3 Å². The number of anilines is 1. The molecule has 0 saturated carbocycles. The van der Waals surface area contributed by atoms with Crippen molar-refractivity contribution in [3.8, 4) is 0 Å². The molecule has 9 nitrogen and oxygen atoms in total. The summed E-state index contributed by atoms with van der Waals surface area (Å²) < 4.78 is 45.1. The number of hydrogen-bond acceptors (Lipinski definition) is 8. The van der Waals surface area contributed by atoms with Gasteiger partial charge < -0.3 is 14.5 Å². The Labute approximate surface area is 190 Å². The highest BCUT2D eigenvalue weighted by Gasteiger charge is 2.38. The van der Waals surface area contributed by atoms with Crippen LogP contribution in [0, 0.1) is 5.92 Å². The average Bonchev–Trinajstić information content (AvgIpc) is 3.46. The van der Waals surface area contributed by atoms with Gasteiger partial charge in [0.1, 0.15) is 5.82 Å². The van der Waals surface area contributed by atoms with Gasteiger partial charge in [0.25, 0.3) is 11.7 Å². The summed E-state index contributed by atoms with van der Waals surface area (Å²) in [7, 11) is 1.65. The molecule has 1 fully saturated rings. The van der Waals surface area contributed by atoms with E-state index in [0.29, 0.717) is 42.8 Å². The molecule has 0 N–H and O–H groups in total. The van der Waals surface area contributed by atoms with Gasteiger partial charge >= 0.3 is 12.1 Å². The molecule has 176 valence electrons.